The fourth-order valence-corrected chi connectivity index (χ4v) is 4.41. The smallest absolute Gasteiger partial charge is 0.368 e. The molecule has 1 saturated heterocycles. The highest BCUT2D eigenvalue weighted by molar-refractivity contribution is 5.79. The molecule has 0 unspecified atom stereocenters. The molecule has 2 heterocycles. The van der Waals surface area contributed by atoms with Gasteiger partial charge in [0.1, 0.15) is 0 Å². The third-order valence-electron chi connectivity index (χ3n) is 5.97. The molecular weight excluding hydrogens is 358 g/mol. The Morgan fingerprint density at radius 1 is 1.11 bits per heavy atom. The van der Waals surface area contributed by atoms with Crippen molar-refractivity contribution in [3.63, 3.8) is 0 Å². The second kappa shape index (κ2) is 8.26. The molecule has 2 fully saturated rings. The van der Waals surface area contributed by atoms with E-state index in [2.05, 4.69) is 10.4 Å². The van der Waals surface area contributed by atoms with Crippen LogP contribution in [-0.2, 0) is 9.53 Å². The third-order valence-corrected chi connectivity index (χ3v) is 5.97. The number of ether oxygens (including phenoxy) is 1. The maximum absolute atomic E-state index is 13.0. The minimum Gasteiger partial charge on any atom is -0.381 e. The molecule has 0 bridgehead atoms. The Morgan fingerprint density at radius 3 is 2.71 bits per heavy atom. The number of benzene rings is 1. The van der Waals surface area contributed by atoms with Crippen molar-refractivity contribution in [2.45, 2.75) is 50.7 Å². The largest absolute Gasteiger partial charge is 0.381 e. The average molecular weight is 385 g/mol. The van der Waals surface area contributed by atoms with Gasteiger partial charge in [0, 0.05) is 26.1 Å². The van der Waals surface area contributed by atoms with E-state index in [1.807, 2.05) is 35.2 Å². The predicted molar refractivity (Wildman–Crippen MR) is 103 cm³/mol. The SMILES string of the molecule is CO[C@@H]1CCC[C@H](C(=O)N2CCC[C@@H](n3nnn(-c4ccccc4)c3=O)C2)C1. The number of likely N-dealkylation sites (tertiary alicyclic amines) is 1. The van der Waals surface area contributed by atoms with Crippen molar-refractivity contribution < 1.29 is 9.53 Å². The summed E-state index contributed by atoms with van der Waals surface area (Å²) in [7, 11) is 1.72. The molecule has 4 rings (SSSR count). The van der Waals surface area contributed by atoms with Gasteiger partial charge in [-0.2, -0.15) is 9.36 Å². The predicted octanol–water partition coefficient (Wildman–Crippen LogP) is 1.80. The van der Waals surface area contributed by atoms with Crippen LogP contribution in [0.2, 0.25) is 0 Å². The summed E-state index contributed by atoms with van der Waals surface area (Å²) in [5.74, 6) is 0.212. The zero-order chi connectivity index (χ0) is 19.5. The van der Waals surface area contributed by atoms with Crippen molar-refractivity contribution >= 4 is 5.91 Å². The van der Waals surface area contributed by atoms with Gasteiger partial charge >= 0.3 is 5.69 Å². The number of carbonyl (C=O) groups is 1. The molecule has 2 aliphatic rings. The number of piperidine rings is 1. The Kier molecular flexibility index (Phi) is 5.57. The van der Waals surface area contributed by atoms with Crippen LogP contribution in [0.1, 0.15) is 44.6 Å². The first-order valence-electron chi connectivity index (χ1n) is 10.1. The Labute approximate surface area is 164 Å². The van der Waals surface area contributed by atoms with Crippen LogP contribution in [-0.4, -0.2) is 56.9 Å². The van der Waals surface area contributed by atoms with Gasteiger partial charge in [-0.05, 0) is 54.7 Å². The molecule has 150 valence electrons. The van der Waals surface area contributed by atoms with Crippen LogP contribution in [0.15, 0.2) is 35.1 Å². The lowest BCUT2D eigenvalue weighted by Crippen LogP contribution is -2.46. The topological polar surface area (TPSA) is 82.2 Å². The van der Waals surface area contributed by atoms with Crippen LogP contribution in [0.25, 0.3) is 5.69 Å². The van der Waals surface area contributed by atoms with E-state index in [1.54, 1.807) is 7.11 Å². The number of hydrogen-bond donors (Lipinski definition) is 0. The molecular formula is C20H27N5O3. The zero-order valence-electron chi connectivity index (χ0n) is 16.2. The number of carbonyl (C=O) groups excluding carboxylic acids is 1. The number of tetrazole rings is 1. The van der Waals surface area contributed by atoms with Gasteiger partial charge in [0.25, 0.3) is 0 Å². The van der Waals surface area contributed by atoms with E-state index < -0.39 is 0 Å². The fourth-order valence-electron chi connectivity index (χ4n) is 4.41. The average Bonchev–Trinajstić information content (AvgIpc) is 3.15. The van der Waals surface area contributed by atoms with Crippen molar-refractivity contribution in [1.29, 1.82) is 0 Å². The molecule has 0 N–H and O–H groups in total. The number of hydrogen-bond acceptors (Lipinski definition) is 5. The molecule has 8 nitrogen and oxygen atoms in total. The van der Waals surface area contributed by atoms with Gasteiger partial charge in [-0.15, -0.1) is 0 Å². The summed E-state index contributed by atoms with van der Waals surface area (Å²) < 4.78 is 8.22. The minimum atomic E-state index is -0.261. The van der Waals surface area contributed by atoms with Crippen molar-refractivity contribution in [3.8, 4) is 5.69 Å². The number of methoxy groups -OCH3 is 1. The first-order valence-corrected chi connectivity index (χ1v) is 10.1. The van der Waals surface area contributed by atoms with Crippen LogP contribution >= 0.6 is 0 Å². The zero-order valence-corrected chi connectivity index (χ0v) is 16.2. The van der Waals surface area contributed by atoms with E-state index in [0.717, 1.165) is 45.1 Å². The first kappa shape index (κ1) is 18.9. The number of rotatable bonds is 4. The van der Waals surface area contributed by atoms with Crippen LogP contribution < -0.4 is 5.69 Å². The van der Waals surface area contributed by atoms with Gasteiger partial charge in [0.2, 0.25) is 5.91 Å². The summed E-state index contributed by atoms with van der Waals surface area (Å²) in [4.78, 5) is 27.8. The van der Waals surface area contributed by atoms with E-state index in [4.69, 9.17) is 4.74 Å². The van der Waals surface area contributed by atoms with Crippen molar-refractivity contribution in [3.05, 3.63) is 40.8 Å². The summed E-state index contributed by atoms with van der Waals surface area (Å²) in [6.45, 7) is 1.26. The Hall–Kier alpha value is -2.48. The molecule has 3 atom stereocenters. The molecule has 1 saturated carbocycles. The van der Waals surface area contributed by atoms with Gasteiger partial charge in [0.05, 0.1) is 17.8 Å². The number of amides is 1. The molecule has 2 aromatic rings. The van der Waals surface area contributed by atoms with Crippen molar-refractivity contribution in [2.24, 2.45) is 5.92 Å². The highest BCUT2D eigenvalue weighted by atomic mass is 16.5. The second-order valence-electron chi connectivity index (χ2n) is 7.75. The van der Waals surface area contributed by atoms with E-state index >= 15 is 0 Å². The first-order chi connectivity index (χ1) is 13.7. The van der Waals surface area contributed by atoms with Gasteiger partial charge in [-0.1, -0.05) is 24.6 Å². The molecule has 1 aromatic carbocycles. The quantitative estimate of drug-likeness (QED) is 0.801. The van der Waals surface area contributed by atoms with Crippen molar-refractivity contribution in [1.82, 2.24) is 24.7 Å². The lowest BCUT2D eigenvalue weighted by atomic mass is 9.85. The Morgan fingerprint density at radius 2 is 1.93 bits per heavy atom. The molecule has 0 radical (unpaired) electrons. The van der Waals surface area contributed by atoms with Crippen molar-refractivity contribution in [2.75, 3.05) is 20.2 Å². The summed E-state index contributed by atoms with van der Waals surface area (Å²) in [6, 6.07) is 9.13. The summed E-state index contributed by atoms with van der Waals surface area (Å²) in [5.41, 5.74) is 0.429. The molecule has 1 aliphatic heterocycles. The van der Waals surface area contributed by atoms with Crippen LogP contribution in [0.5, 0.6) is 0 Å². The van der Waals surface area contributed by atoms with Crippen LogP contribution in [0.3, 0.4) is 0 Å². The van der Waals surface area contributed by atoms with Gasteiger partial charge < -0.3 is 9.64 Å². The van der Waals surface area contributed by atoms with E-state index in [9.17, 15) is 9.59 Å². The molecule has 8 heteroatoms. The maximum atomic E-state index is 13.0. The van der Waals surface area contributed by atoms with Crippen LogP contribution in [0, 0.1) is 5.92 Å². The number of para-hydroxylation sites is 1. The number of aromatic nitrogens is 4. The molecule has 28 heavy (non-hydrogen) atoms. The van der Waals surface area contributed by atoms with E-state index in [0.29, 0.717) is 12.2 Å². The molecule has 1 aromatic heterocycles. The normalized spacial score (nSPS) is 25.6. The Bertz CT molecular complexity index is 862. The third kappa shape index (κ3) is 3.73. The molecule has 0 spiro atoms. The molecule has 1 amide bonds. The standard InChI is InChI=1S/C20H27N5O3/c1-28-18-11-5-7-15(13-18)19(26)23-12-6-10-17(14-23)25-20(27)24(21-22-25)16-8-3-2-4-9-16/h2-4,8-9,15,17-18H,5-7,10-14H2,1H3/t15-,17+,18+/m0/s1. The highest BCUT2D eigenvalue weighted by Gasteiger charge is 2.34. The van der Waals surface area contributed by atoms with Gasteiger partial charge in [-0.25, -0.2) is 4.79 Å². The summed E-state index contributed by atoms with van der Waals surface area (Å²) in [5, 5.41) is 8.15. The fraction of sp³-hybridized carbons (Fsp3) is 0.600. The molecule has 1 aliphatic carbocycles. The highest BCUT2D eigenvalue weighted by Crippen LogP contribution is 2.29. The van der Waals surface area contributed by atoms with Gasteiger partial charge in [0.15, 0.2) is 0 Å². The number of nitrogens with zero attached hydrogens (tertiary/aromatic N) is 5. The van der Waals surface area contributed by atoms with Crippen LogP contribution in [0.4, 0.5) is 0 Å². The maximum Gasteiger partial charge on any atom is 0.368 e. The summed E-state index contributed by atoms with van der Waals surface area (Å²) >= 11 is 0. The van der Waals surface area contributed by atoms with E-state index in [-0.39, 0.29) is 29.7 Å². The minimum absolute atomic E-state index is 0.0224. The second-order valence-corrected chi connectivity index (χ2v) is 7.75. The van der Waals surface area contributed by atoms with E-state index in [1.165, 1.54) is 9.36 Å². The lowest BCUT2D eigenvalue weighted by molar-refractivity contribution is -0.140. The van der Waals surface area contributed by atoms with Gasteiger partial charge in [-0.3, -0.25) is 4.79 Å². The summed E-state index contributed by atoms with van der Waals surface area (Å²) in [6.07, 6.45) is 5.63. The Balaban J connectivity index is 1.48. The lowest BCUT2D eigenvalue weighted by Gasteiger charge is -2.36. The monoisotopic (exact) mass is 385 g/mol.